The number of allylic oxidation sites excluding steroid dienone is 4. The maximum absolute atomic E-state index is 13.1. The number of unbranched alkanes of at least 4 members (excludes halogenated alkanes) is 38. The largest absolute Gasteiger partial charge is 0.394 e. The molecule has 7 unspecified atom stereocenters. The lowest BCUT2D eigenvalue weighted by Crippen LogP contribution is -2.60. The second-order valence-corrected chi connectivity index (χ2v) is 21.1. The number of aliphatic hydroxyl groups excluding tert-OH is 5. The minimum Gasteiger partial charge on any atom is -0.394 e. The zero-order valence-electron chi connectivity index (χ0n) is 45.3. The molecule has 1 rings (SSSR count). The van der Waals surface area contributed by atoms with Gasteiger partial charge in [0.15, 0.2) is 6.29 Å². The fraction of sp³-hybridized carbons (Fsp3) is 0.917. The highest BCUT2D eigenvalue weighted by molar-refractivity contribution is 5.76. The summed E-state index contributed by atoms with van der Waals surface area (Å²) >= 11 is 0. The highest BCUT2D eigenvalue weighted by atomic mass is 16.7. The molecule has 1 amide bonds. The molecule has 7 atom stereocenters. The lowest BCUT2D eigenvalue weighted by atomic mass is 9.99. The van der Waals surface area contributed by atoms with Crippen LogP contribution in [0.3, 0.4) is 0 Å². The summed E-state index contributed by atoms with van der Waals surface area (Å²) in [5, 5.41) is 54.7. The van der Waals surface area contributed by atoms with Crippen LogP contribution in [0.2, 0.25) is 0 Å². The fourth-order valence-corrected chi connectivity index (χ4v) is 9.78. The first-order valence-corrected chi connectivity index (χ1v) is 30.0. The number of carbonyl (C=O) groups is 1. The van der Waals surface area contributed by atoms with Crippen LogP contribution in [0.25, 0.3) is 0 Å². The van der Waals surface area contributed by atoms with Crippen molar-refractivity contribution in [3.8, 4) is 0 Å². The van der Waals surface area contributed by atoms with E-state index in [0.29, 0.717) is 12.8 Å². The Labute approximate surface area is 426 Å². The van der Waals surface area contributed by atoms with E-state index in [4.69, 9.17) is 9.47 Å². The third-order valence-corrected chi connectivity index (χ3v) is 14.6. The molecule has 6 N–H and O–H groups in total. The second kappa shape index (κ2) is 50.2. The van der Waals surface area contributed by atoms with Crippen LogP contribution in [0, 0.1) is 0 Å². The minimum absolute atomic E-state index is 0.139. The van der Waals surface area contributed by atoms with E-state index in [-0.39, 0.29) is 12.5 Å². The van der Waals surface area contributed by atoms with Crippen LogP contribution in [0.5, 0.6) is 0 Å². The van der Waals surface area contributed by atoms with E-state index < -0.39 is 49.5 Å². The van der Waals surface area contributed by atoms with Gasteiger partial charge in [0.05, 0.1) is 25.4 Å². The Morgan fingerprint density at radius 3 is 1.26 bits per heavy atom. The molecule has 0 bridgehead atoms. The molecule has 1 fully saturated rings. The van der Waals surface area contributed by atoms with Crippen LogP contribution >= 0.6 is 0 Å². The zero-order chi connectivity index (χ0) is 50.1. The molecule has 0 saturated carbocycles. The average molecular weight is 979 g/mol. The SMILES string of the molecule is CCCCCC/C=C\C/C=C\CCCCCCCCCC(=O)NC(COC1OC(CO)C(O)C(O)C1O)C(O)CCCCCCCCCCCCCCCCCCCCCCCCCCCCCC. The molecule has 0 radical (unpaired) electrons. The lowest BCUT2D eigenvalue weighted by molar-refractivity contribution is -0.302. The first-order valence-electron chi connectivity index (χ1n) is 30.0. The Bertz CT molecular complexity index is 1130. The summed E-state index contributed by atoms with van der Waals surface area (Å²) in [4.78, 5) is 13.1. The molecule has 408 valence electrons. The zero-order valence-corrected chi connectivity index (χ0v) is 45.3. The van der Waals surface area contributed by atoms with Gasteiger partial charge in [-0.2, -0.15) is 0 Å². The topological polar surface area (TPSA) is 149 Å². The van der Waals surface area contributed by atoms with Crippen molar-refractivity contribution in [1.82, 2.24) is 5.32 Å². The van der Waals surface area contributed by atoms with Crippen molar-refractivity contribution in [2.24, 2.45) is 0 Å². The second-order valence-electron chi connectivity index (χ2n) is 21.1. The number of hydrogen-bond donors (Lipinski definition) is 6. The van der Waals surface area contributed by atoms with Crippen LogP contribution < -0.4 is 5.32 Å². The third kappa shape index (κ3) is 39.8. The molecule has 9 nitrogen and oxygen atoms in total. The van der Waals surface area contributed by atoms with Crippen molar-refractivity contribution in [3.63, 3.8) is 0 Å². The van der Waals surface area contributed by atoms with Gasteiger partial charge in [-0.15, -0.1) is 0 Å². The van der Waals surface area contributed by atoms with Gasteiger partial charge >= 0.3 is 0 Å². The summed E-state index contributed by atoms with van der Waals surface area (Å²) in [7, 11) is 0. The van der Waals surface area contributed by atoms with Crippen LogP contribution in [0.1, 0.15) is 296 Å². The maximum Gasteiger partial charge on any atom is 0.220 e. The average Bonchev–Trinajstić information content (AvgIpc) is 3.35. The van der Waals surface area contributed by atoms with E-state index in [9.17, 15) is 30.3 Å². The molecular weight excluding hydrogens is 863 g/mol. The fourth-order valence-electron chi connectivity index (χ4n) is 9.78. The highest BCUT2D eigenvalue weighted by Gasteiger charge is 2.44. The number of rotatable bonds is 52. The molecule has 69 heavy (non-hydrogen) atoms. The molecule has 0 aromatic carbocycles. The van der Waals surface area contributed by atoms with E-state index in [1.165, 1.54) is 218 Å². The summed E-state index contributed by atoms with van der Waals surface area (Å²) in [6, 6.07) is -0.723. The number of amides is 1. The summed E-state index contributed by atoms with van der Waals surface area (Å²) in [5.74, 6) is -0.148. The van der Waals surface area contributed by atoms with Crippen molar-refractivity contribution in [2.75, 3.05) is 13.2 Å². The third-order valence-electron chi connectivity index (χ3n) is 14.6. The Balaban J connectivity index is 2.16. The predicted octanol–water partition coefficient (Wildman–Crippen LogP) is 15.0. The van der Waals surface area contributed by atoms with Gasteiger partial charge in [-0.05, 0) is 44.9 Å². The van der Waals surface area contributed by atoms with E-state index in [0.717, 1.165) is 51.4 Å². The van der Waals surface area contributed by atoms with Crippen molar-refractivity contribution in [2.45, 2.75) is 339 Å². The van der Waals surface area contributed by atoms with Crippen molar-refractivity contribution in [3.05, 3.63) is 24.3 Å². The summed E-state index contributed by atoms with van der Waals surface area (Å²) in [6.45, 7) is 3.85. The Morgan fingerprint density at radius 2 is 0.855 bits per heavy atom. The van der Waals surface area contributed by atoms with Gasteiger partial charge in [-0.3, -0.25) is 4.79 Å². The van der Waals surface area contributed by atoms with Gasteiger partial charge in [-0.1, -0.05) is 269 Å². The van der Waals surface area contributed by atoms with Gasteiger partial charge in [0, 0.05) is 6.42 Å². The molecular formula is C60H115NO8. The number of ether oxygens (including phenoxy) is 2. The number of aliphatic hydroxyl groups is 5. The summed E-state index contributed by atoms with van der Waals surface area (Å²) < 4.78 is 11.3. The van der Waals surface area contributed by atoms with Crippen molar-refractivity contribution in [1.29, 1.82) is 0 Å². The van der Waals surface area contributed by atoms with Gasteiger partial charge in [-0.25, -0.2) is 0 Å². The Hall–Kier alpha value is -1.33. The quantitative estimate of drug-likeness (QED) is 0.0261. The molecule has 0 spiro atoms. The van der Waals surface area contributed by atoms with E-state index >= 15 is 0 Å². The van der Waals surface area contributed by atoms with Gasteiger partial charge in [0.2, 0.25) is 5.91 Å². The predicted molar refractivity (Wildman–Crippen MR) is 290 cm³/mol. The van der Waals surface area contributed by atoms with E-state index in [1.807, 2.05) is 0 Å². The molecule has 0 aliphatic carbocycles. The number of hydrogen-bond acceptors (Lipinski definition) is 8. The molecule has 1 aliphatic rings. The number of carbonyl (C=O) groups excluding carboxylic acids is 1. The standard InChI is InChI=1S/C60H115NO8/c1-3-5-7-9-11-13-15-17-19-21-23-24-25-26-27-28-29-30-31-32-33-35-37-39-41-43-45-47-49-54(63)53(52-68-60-59(67)58(66)57(65)55(51-62)69-60)61-56(64)50-48-46-44-42-40-38-36-34-22-20-18-16-14-12-10-8-6-4-2/h14,16,20,22,53-55,57-60,62-63,65-67H,3-13,15,17-19,21,23-52H2,1-2H3,(H,61,64)/b16-14-,22-20-. The highest BCUT2D eigenvalue weighted by Crippen LogP contribution is 2.23. The maximum atomic E-state index is 13.1. The summed E-state index contributed by atoms with van der Waals surface area (Å²) in [6.07, 6.45) is 56.4. The normalized spacial score (nSPS) is 19.6. The van der Waals surface area contributed by atoms with Crippen LogP contribution in [-0.4, -0.2) is 87.5 Å². The van der Waals surface area contributed by atoms with Crippen molar-refractivity contribution < 1.29 is 39.8 Å². The van der Waals surface area contributed by atoms with Gasteiger partial charge in [0.1, 0.15) is 24.4 Å². The smallest absolute Gasteiger partial charge is 0.220 e. The van der Waals surface area contributed by atoms with Crippen LogP contribution in [0.4, 0.5) is 0 Å². The Kier molecular flexibility index (Phi) is 47.8. The first-order chi connectivity index (χ1) is 33.8. The Morgan fingerprint density at radius 1 is 0.493 bits per heavy atom. The summed E-state index contributed by atoms with van der Waals surface area (Å²) in [5.41, 5.74) is 0. The lowest BCUT2D eigenvalue weighted by Gasteiger charge is -2.40. The van der Waals surface area contributed by atoms with Crippen molar-refractivity contribution >= 4 is 5.91 Å². The van der Waals surface area contributed by atoms with Crippen LogP contribution in [-0.2, 0) is 14.3 Å². The van der Waals surface area contributed by atoms with E-state index in [1.54, 1.807) is 0 Å². The molecule has 0 aromatic rings. The minimum atomic E-state index is -1.55. The first kappa shape index (κ1) is 65.7. The molecule has 1 aliphatic heterocycles. The van der Waals surface area contributed by atoms with E-state index in [2.05, 4.69) is 43.5 Å². The molecule has 1 heterocycles. The number of nitrogens with one attached hydrogen (secondary N) is 1. The van der Waals surface area contributed by atoms with Crippen LogP contribution in [0.15, 0.2) is 24.3 Å². The molecule has 1 saturated heterocycles. The van der Waals surface area contributed by atoms with Gasteiger partial charge < -0.3 is 40.3 Å². The van der Waals surface area contributed by atoms with Gasteiger partial charge in [0.25, 0.3) is 0 Å². The molecule has 9 heteroatoms. The molecule has 0 aromatic heterocycles. The monoisotopic (exact) mass is 978 g/mol.